The Hall–Kier alpha value is -8.18. The molecule has 0 saturated heterocycles. The lowest BCUT2D eigenvalue weighted by molar-refractivity contribution is -0.172. The van der Waals surface area contributed by atoms with E-state index in [0.717, 1.165) is 5.56 Å². The molecule has 0 radical (unpaired) electrons. The summed E-state index contributed by atoms with van der Waals surface area (Å²) in [6.07, 6.45) is 4.40. The number of hydrogen-bond acceptors (Lipinski definition) is 14. The zero-order valence-corrected chi connectivity index (χ0v) is 43.3. The van der Waals surface area contributed by atoms with Crippen LogP contribution in [-0.4, -0.2) is 118 Å². The van der Waals surface area contributed by atoms with Gasteiger partial charge in [-0.3, -0.25) is 48.1 Å². The molecule has 5 aliphatic rings. The first-order valence-electron chi connectivity index (χ1n) is 26.0. The third-order valence-electron chi connectivity index (χ3n) is 15.5. The monoisotopic (exact) mass is 1070 g/mol. The number of aromatic nitrogens is 2. The van der Waals surface area contributed by atoms with Gasteiger partial charge in [0, 0.05) is 53.6 Å². The van der Waals surface area contributed by atoms with Gasteiger partial charge in [0.15, 0.2) is 5.60 Å². The minimum atomic E-state index is -2.06. The largest absolute Gasteiger partial charge is 0.458 e. The van der Waals surface area contributed by atoms with E-state index in [1.807, 2.05) is 0 Å². The van der Waals surface area contributed by atoms with Crippen molar-refractivity contribution in [3.8, 4) is 11.4 Å². The molecule has 9 rings (SSSR count). The van der Waals surface area contributed by atoms with Crippen LogP contribution in [0.1, 0.15) is 97.4 Å². The highest BCUT2D eigenvalue weighted by molar-refractivity contribution is 6.13. The van der Waals surface area contributed by atoms with Gasteiger partial charge >= 0.3 is 5.97 Å². The Kier molecular flexibility index (Phi) is 16.0. The molecular weight excluding hydrogens is 1010 g/mol. The average Bonchev–Trinajstić information content (AvgIpc) is 4.15. The summed E-state index contributed by atoms with van der Waals surface area (Å²) in [6, 6.07) is 9.85. The summed E-state index contributed by atoms with van der Waals surface area (Å²) in [5.74, 6) is -5.92. The zero-order valence-electron chi connectivity index (χ0n) is 43.3. The van der Waals surface area contributed by atoms with Crippen LogP contribution < -0.4 is 37.5 Å². The molecule has 23 heteroatoms. The molecule has 3 aliphatic heterocycles. The topological polar surface area (TPSA) is 303 Å². The second-order valence-electron chi connectivity index (χ2n) is 20.3. The van der Waals surface area contributed by atoms with E-state index in [9.17, 15) is 53.1 Å². The highest BCUT2D eigenvalue weighted by Crippen LogP contribution is 2.46. The number of aliphatic hydroxyl groups is 1. The molecule has 2 aliphatic carbocycles. The molecule has 8 amide bonds. The third-order valence-corrected chi connectivity index (χ3v) is 15.5. The van der Waals surface area contributed by atoms with Crippen LogP contribution in [0.5, 0.6) is 0 Å². The van der Waals surface area contributed by atoms with Gasteiger partial charge in [0.2, 0.25) is 35.4 Å². The second-order valence-corrected chi connectivity index (χ2v) is 20.3. The molecule has 78 heavy (non-hydrogen) atoms. The Labute approximate surface area is 446 Å². The molecule has 22 nitrogen and oxygen atoms in total. The smallest absolute Gasteiger partial charge is 0.343 e. The van der Waals surface area contributed by atoms with Crippen LogP contribution >= 0.6 is 0 Å². The molecule has 0 spiro atoms. The number of halogens is 1. The summed E-state index contributed by atoms with van der Waals surface area (Å²) in [4.78, 5) is 135. The normalized spacial score (nSPS) is 20.7. The van der Waals surface area contributed by atoms with Gasteiger partial charge in [0.25, 0.3) is 17.4 Å². The fourth-order valence-corrected chi connectivity index (χ4v) is 11.0. The van der Waals surface area contributed by atoms with E-state index in [0.29, 0.717) is 89.6 Å². The molecule has 5 heterocycles. The number of ether oxygens (including phenoxy) is 2. The Morgan fingerprint density at radius 2 is 1.55 bits per heavy atom. The van der Waals surface area contributed by atoms with Crippen LogP contribution in [0.15, 0.2) is 59.4 Å². The molecule has 2 aromatic heterocycles. The van der Waals surface area contributed by atoms with Gasteiger partial charge in [-0.15, -0.1) is 0 Å². The maximum Gasteiger partial charge on any atom is 0.343 e. The van der Waals surface area contributed by atoms with Crippen molar-refractivity contribution in [1.29, 1.82) is 0 Å². The molecule has 0 bridgehead atoms. The summed E-state index contributed by atoms with van der Waals surface area (Å²) in [5.41, 5.74) is 1.83. The zero-order chi connectivity index (χ0) is 55.6. The van der Waals surface area contributed by atoms with E-state index in [1.165, 1.54) is 34.6 Å². The number of fused-ring (bicyclic) bond motifs is 5. The van der Waals surface area contributed by atoms with Gasteiger partial charge in [-0.05, 0) is 93.0 Å². The Bertz CT molecular complexity index is 3230. The molecule has 410 valence electrons. The quantitative estimate of drug-likeness (QED) is 0.0344. The van der Waals surface area contributed by atoms with Crippen LogP contribution in [0, 0.1) is 24.6 Å². The minimum absolute atomic E-state index is 0.0364. The average molecular weight is 1070 g/mol. The number of amides is 8. The van der Waals surface area contributed by atoms with E-state index < -0.39 is 97.0 Å². The number of carbonyl (C=O) groups is 9. The number of esters is 1. The molecule has 2 aromatic carbocycles. The van der Waals surface area contributed by atoms with Gasteiger partial charge in [-0.2, -0.15) is 0 Å². The maximum absolute atomic E-state index is 15.4. The first-order chi connectivity index (χ1) is 37.3. The van der Waals surface area contributed by atoms with Crippen molar-refractivity contribution >= 4 is 64.1 Å². The van der Waals surface area contributed by atoms with Gasteiger partial charge in [0.05, 0.1) is 54.7 Å². The number of pyridine rings is 2. The van der Waals surface area contributed by atoms with Crippen molar-refractivity contribution in [1.82, 2.24) is 46.4 Å². The maximum atomic E-state index is 15.4. The van der Waals surface area contributed by atoms with Crippen molar-refractivity contribution in [3.05, 3.63) is 110 Å². The number of benzene rings is 2. The van der Waals surface area contributed by atoms with Gasteiger partial charge in [-0.25, -0.2) is 14.2 Å². The number of nitrogens with zero attached hydrogens (tertiary/aromatic N) is 3. The first kappa shape index (κ1) is 54.6. The van der Waals surface area contributed by atoms with Gasteiger partial charge in [-0.1, -0.05) is 37.3 Å². The third kappa shape index (κ3) is 11.1. The summed E-state index contributed by atoms with van der Waals surface area (Å²) < 4.78 is 27.8. The predicted octanol–water partition coefficient (Wildman–Crippen LogP) is 0.917. The lowest BCUT2D eigenvalue weighted by atomic mass is 9.81. The standard InChI is InChI=1S/C55H60FN9O13/c1-4-55(76)36-19-41-49-34(25-64(41)53(74)35(36)26-77-54(55)75)48-38(15-14-33-28(2)37(56)20-39(62-49)47(33)48)63-50(71)29(3)78-27-60-43(67)22-59-52(73)40(18-30-8-6-5-7-9-30)61-44(68)23-57-42(66)21-58-51(72)32-12-10-31(11-13-32)24-65-45(69)16-17-46(65)70/h5-9,16-17,19-20,29,31-32,38,40,76H,4,10-15,18,21-27H2,1-3H3,(H,57,66)(H,58,72)(H,59,73)(H,60,67)(H,61,68)(H,63,71)/t29-,31?,32?,38-,40-,55-/m0/s1. The lowest BCUT2D eigenvalue weighted by Gasteiger charge is -2.31. The van der Waals surface area contributed by atoms with Crippen LogP contribution in [0.3, 0.4) is 0 Å². The Morgan fingerprint density at radius 1 is 0.859 bits per heavy atom. The fourth-order valence-electron chi connectivity index (χ4n) is 11.0. The molecule has 4 aromatic rings. The number of carbonyl (C=O) groups excluding carboxylic acids is 9. The van der Waals surface area contributed by atoms with E-state index in [1.54, 1.807) is 50.2 Å². The molecule has 4 atom stereocenters. The summed E-state index contributed by atoms with van der Waals surface area (Å²) in [7, 11) is 0. The van der Waals surface area contributed by atoms with Crippen LogP contribution in [-0.2, 0) is 84.2 Å². The van der Waals surface area contributed by atoms with Crippen molar-refractivity contribution < 1.29 is 62.1 Å². The van der Waals surface area contributed by atoms with E-state index >= 15 is 4.39 Å². The van der Waals surface area contributed by atoms with Gasteiger partial charge in [0.1, 0.15) is 31.3 Å². The number of hydrogen-bond donors (Lipinski definition) is 7. The summed E-state index contributed by atoms with van der Waals surface area (Å²) in [6.45, 7) is 2.91. The van der Waals surface area contributed by atoms with Crippen molar-refractivity contribution in [3.63, 3.8) is 0 Å². The summed E-state index contributed by atoms with van der Waals surface area (Å²) in [5, 5.41) is 27.7. The fraction of sp³-hybridized carbons (Fsp3) is 0.436. The number of cyclic esters (lactones) is 1. The van der Waals surface area contributed by atoms with Gasteiger partial charge < -0.3 is 51.0 Å². The van der Waals surface area contributed by atoms with Crippen LogP contribution in [0.2, 0.25) is 0 Å². The molecule has 1 fully saturated rings. The highest BCUT2D eigenvalue weighted by Gasteiger charge is 2.46. The highest BCUT2D eigenvalue weighted by atomic mass is 19.1. The number of rotatable bonds is 19. The van der Waals surface area contributed by atoms with E-state index in [2.05, 4.69) is 31.9 Å². The van der Waals surface area contributed by atoms with Crippen LogP contribution in [0.25, 0.3) is 22.3 Å². The van der Waals surface area contributed by atoms with Crippen molar-refractivity contribution in [2.45, 2.75) is 109 Å². The first-order valence-corrected chi connectivity index (χ1v) is 26.0. The van der Waals surface area contributed by atoms with Crippen LogP contribution in [0.4, 0.5) is 4.39 Å². The minimum Gasteiger partial charge on any atom is -0.458 e. The predicted molar refractivity (Wildman–Crippen MR) is 274 cm³/mol. The van der Waals surface area contributed by atoms with Crippen molar-refractivity contribution in [2.24, 2.45) is 11.8 Å². The molecular formula is C55H60FN9O13. The van der Waals surface area contributed by atoms with Crippen molar-refractivity contribution in [2.75, 3.05) is 32.9 Å². The molecule has 0 unspecified atom stereocenters. The Morgan fingerprint density at radius 3 is 2.27 bits per heavy atom. The molecule has 1 saturated carbocycles. The molecule has 7 N–H and O–H groups in total. The lowest BCUT2D eigenvalue weighted by Crippen LogP contribution is -2.52. The SMILES string of the molecule is CC[C@@]1(O)C(=O)OCc2c1cc1n(c2=O)Cc2c-1nc1cc(F)c(C)c3c1c2[C@@H](NC(=O)[C@H](C)OCNC(=O)CNC(=O)[C@H](Cc1ccccc1)NC(=O)CNC(=O)CNC(=O)C1CCC(CN2C(=O)C=CC2=O)CC1)CC3. The Balaban J connectivity index is 0.756. The number of aryl methyl sites for hydroxylation is 1. The number of imide groups is 1. The summed E-state index contributed by atoms with van der Waals surface area (Å²) >= 11 is 0. The van der Waals surface area contributed by atoms with E-state index in [4.69, 9.17) is 14.5 Å². The second kappa shape index (κ2) is 22.8. The number of nitrogens with one attached hydrogen (secondary N) is 6. The van der Waals surface area contributed by atoms with E-state index in [-0.39, 0.29) is 66.7 Å².